The molecular formula is C18H14Cl2FNO4S. The number of esters is 1. The van der Waals surface area contributed by atoms with Crippen molar-refractivity contribution in [1.82, 2.24) is 4.72 Å². The summed E-state index contributed by atoms with van der Waals surface area (Å²) < 4.78 is 46.5. The molecule has 0 bridgehead atoms. The Morgan fingerprint density at radius 2 is 1.67 bits per heavy atom. The van der Waals surface area contributed by atoms with Gasteiger partial charge in [0.2, 0.25) is 10.0 Å². The van der Waals surface area contributed by atoms with Crippen molar-refractivity contribution in [1.29, 1.82) is 0 Å². The summed E-state index contributed by atoms with van der Waals surface area (Å²) in [6.45, 7) is 1.83. The molecule has 142 valence electrons. The summed E-state index contributed by atoms with van der Waals surface area (Å²) in [4.78, 5) is 11.7. The minimum atomic E-state index is -3.99. The Kier molecular flexibility index (Phi) is 5.58. The summed E-state index contributed by atoms with van der Waals surface area (Å²) >= 11 is 11.9. The van der Waals surface area contributed by atoms with Crippen molar-refractivity contribution in [2.45, 2.75) is 24.0 Å². The van der Waals surface area contributed by atoms with E-state index in [-0.39, 0.29) is 15.0 Å². The van der Waals surface area contributed by atoms with Gasteiger partial charge in [0.15, 0.2) is 6.10 Å². The number of sulfonamides is 1. The SMILES string of the molecule is Cc1ccc(S(=O)(=O)N[C@H](c2ccc(F)cc2)[C@@H]2OC(=O)C(Cl)=C2Cl)cc1. The van der Waals surface area contributed by atoms with Crippen LogP contribution in [-0.4, -0.2) is 20.5 Å². The molecule has 27 heavy (non-hydrogen) atoms. The van der Waals surface area contributed by atoms with E-state index in [0.29, 0.717) is 5.56 Å². The molecule has 0 fully saturated rings. The molecule has 0 aromatic heterocycles. The summed E-state index contributed by atoms with van der Waals surface area (Å²) in [6, 6.07) is 10.2. The van der Waals surface area contributed by atoms with Gasteiger partial charge in [-0.05, 0) is 36.8 Å². The van der Waals surface area contributed by atoms with Gasteiger partial charge in [-0.2, -0.15) is 4.72 Å². The van der Waals surface area contributed by atoms with Crippen LogP contribution in [0.2, 0.25) is 0 Å². The number of hydrogen-bond acceptors (Lipinski definition) is 4. The fraction of sp³-hybridized carbons (Fsp3) is 0.167. The smallest absolute Gasteiger partial charge is 0.351 e. The van der Waals surface area contributed by atoms with E-state index in [1.165, 1.54) is 36.4 Å². The first-order chi connectivity index (χ1) is 12.7. The van der Waals surface area contributed by atoms with Crippen molar-refractivity contribution in [3.8, 4) is 0 Å². The van der Waals surface area contributed by atoms with Gasteiger partial charge in [-0.25, -0.2) is 17.6 Å². The van der Waals surface area contributed by atoms with Crippen molar-refractivity contribution < 1.29 is 22.3 Å². The van der Waals surface area contributed by atoms with Crippen LogP contribution in [-0.2, 0) is 19.6 Å². The van der Waals surface area contributed by atoms with Crippen molar-refractivity contribution in [3.63, 3.8) is 0 Å². The molecule has 0 spiro atoms. The van der Waals surface area contributed by atoms with E-state index >= 15 is 0 Å². The van der Waals surface area contributed by atoms with Gasteiger partial charge in [0.25, 0.3) is 0 Å². The summed E-state index contributed by atoms with van der Waals surface area (Å²) in [5.74, 6) is -1.35. The van der Waals surface area contributed by atoms with Crippen LogP contribution in [0.25, 0.3) is 0 Å². The number of nitrogens with one attached hydrogen (secondary N) is 1. The Morgan fingerprint density at radius 1 is 1.07 bits per heavy atom. The lowest BCUT2D eigenvalue weighted by Gasteiger charge is -2.24. The summed E-state index contributed by atoms with van der Waals surface area (Å²) in [6.07, 6.45) is -1.17. The highest BCUT2D eigenvalue weighted by atomic mass is 35.5. The molecule has 1 N–H and O–H groups in total. The topological polar surface area (TPSA) is 72.5 Å². The summed E-state index contributed by atoms with van der Waals surface area (Å²) in [5, 5.41) is -0.439. The lowest BCUT2D eigenvalue weighted by Crippen LogP contribution is -2.37. The molecule has 0 aliphatic carbocycles. The Bertz CT molecular complexity index is 1000. The second-order valence-corrected chi connectivity index (χ2v) is 8.45. The first-order valence-electron chi connectivity index (χ1n) is 7.79. The summed E-state index contributed by atoms with van der Waals surface area (Å²) in [7, 11) is -3.99. The number of ether oxygens (including phenoxy) is 1. The predicted octanol–water partition coefficient (Wildman–Crippen LogP) is 3.77. The Balaban J connectivity index is 2.01. The van der Waals surface area contributed by atoms with Crippen LogP contribution < -0.4 is 4.72 Å². The van der Waals surface area contributed by atoms with E-state index in [1.54, 1.807) is 12.1 Å². The Labute approximate surface area is 165 Å². The number of rotatable bonds is 5. The Morgan fingerprint density at radius 3 is 2.19 bits per heavy atom. The van der Waals surface area contributed by atoms with E-state index in [1.807, 2.05) is 6.92 Å². The zero-order chi connectivity index (χ0) is 19.8. The zero-order valence-electron chi connectivity index (χ0n) is 13.9. The van der Waals surface area contributed by atoms with Gasteiger partial charge in [0.1, 0.15) is 10.8 Å². The molecule has 3 rings (SSSR count). The molecular weight excluding hydrogens is 416 g/mol. The van der Waals surface area contributed by atoms with Crippen molar-refractivity contribution in [3.05, 3.63) is 75.5 Å². The van der Waals surface area contributed by atoms with Gasteiger partial charge in [-0.15, -0.1) is 0 Å². The Hall–Kier alpha value is -1.93. The number of aryl methyl sites for hydroxylation is 1. The van der Waals surface area contributed by atoms with Crippen LogP contribution in [0.5, 0.6) is 0 Å². The maximum Gasteiger partial charge on any atom is 0.351 e. The lowest BCUT2D eigenvalue weighted by atomic mass is 10.0. The second kappa shape index (κ2) is 7.59. The molecule has 1 aliphatic heterocycles. The van der Waals surface area contributed by atoms with E-state index in [4.69, 9.17) is 27.9 Å². The van der Waals surface area contributed by atoms with Gasteiger partial charge in [0, 0.05) is 0 Å². The quantitative estimate of drug-likeness (QED) is 0.734. The second-order valence-electron chi connectivity index (χ2n) is 5.95. The molecule has 0 saturated carbocycles. The maximum atomic E-state index is 13.3. The van der Waals surface area contributed by atoms with E-state index < -0.39 is 34.0 Å². The van der Waals surface area contributed by atoms with E-state index in [9.17, 15) is 17.6 Å². The number of carbonyl (C=O) groups excluding carboxylic acids is 1. The first kappa shape index (κ1) is 19.8. The highest BCUT2D eigenvalue weighted by Crippen LogP contribution is 2.37. The van der Waals surface area contributed by atoms with E-state index in [0.717, 1.165) is 5.56 Å². The molecule has 1 aliphatic rings. The van der Waals surface area contributed by atoms with Gasteiger partial charge < -0.3 is 4.74 Å². The van der Waals surface area contributed by atoms with Crippen molar-refractivity contribution in [2.75, 3.05) is 0 Å². The highest BCUT2D eigenvalue weighted by Gasteiger charge is 2.40. The largest absolute Gasteiger partial charge is 0.450 e. The fourth-order valence-corrected chi connectivity index (χ4v) is 4.21. The minimum absolute atomic E-state index is 0.0238. The molecule has 2 aromatic rings. The number of hydrogen-bond donors (Lipinski definition) is 1. The molecule has 2 atom stereocenters. The fourth-order valence-electron chi connectivity index (χ4n) is 2.58. The average Bonchev–Trinajstić information content (AvgIpc) is 2.88. The van der Waals surface area contributed by atoms with Gasteiger partial charge in [-0.1, -0.05) is 53.0 Å². The lowest BCUT2D eigenvalue weighted by molar-refractivity contribution is -0.140. The molecule has 5 nitrogen and oxygen atoms in total. The average molecular weight is 430 g/mol. The molecule has 0 amide bonds. The number of cyclic esters (lactones) is 1. The first-order valence-corrected chi connectivity index (χ1v) is 10.0. The highest BCUT2D eigenvalue weighted by molar-refractivity contribution is 7.89. The molecule has 0 saturated heterocycles. The number of benzene rings is 2. The summed E-state index contributed by atoms with van der Waals surface area (Å²) in [5.41, 5.74) is 1.25. The monoisotopic (exact) mass is 429 g/mol. The van der Waals surface area contributed by atoms with Gasteiger partial charge >= 0.3 is 5.97 Å². The predicted molar refractivity (Wildman–Crippen MR) is 99.3 cm³/mol. The van der Waals surface area contributed by atoms with Crippen LogP contribution in [0.3, 0.4) is 0 Å². The van der Waals surface area contributed by atoms with E-state index in [2.05, 4.69) is 4.72 Å². The van der Waals surface area contributed by atoms with Gasteiger partial charge in [0.05, 0.1) is 16.0 Å². The van der Waals surface area contributed by atoms with Crippen LogP contribution in [0.1, 0.15) is 17.2 Å². The number of carbonyl (C=O) groups is 1. The molecule has 1 heterocycles. The molecule has 9 heteroatoms. The zero-order valence-corrected chi connectivity index (χ0v) is 16.3. The van der Waals surface area contributed by atoms with Crippen LogP contribution in [0.4, 0.5) is 4.39 Å². The number of halogens is 3. The minimum Gasteiger partial charge on any atom is -0.450 e. The normalized spacial score (nSPS) is 18.5. The van der Waals surface area contributed by atoms with Crippen LogP contribution in [0, 0.1) is 12.7 Å². The maximum absolute atomic E-state index is 13.3. The molecule has 0 radical (unpaired) electrons. The third-order valence-electron chi connectivity index (χ3n) is 4.02. The van der Waals surface area contributed by atoms with Crippen LogP contribution >= 0.6 is 23.2 Å². The third-order valence-corrected chi connectivity index (χ3v) is 6.33. The van der Waals surface area contributed by atoms with Crippen LogP contribution in [0.15, 0.2) is 63.5 Å². The van der Waals surface area contributed by atoms with Gasteiger partial charge in [-0.3, -0.25) is 0 Å². The standard InChI is InChI=1S/C18H14Cl2FNO4S/c1-10-2-8-13(9-3-10)27(24,25)22-16(11-4-6-12(21)7-5-11)17-14(19)15(20)18(23)26-17/h2-9,16-17,22H,1H3/t16-,17-/m1/s1. The van der Waals surface area contributed by atoms with Crippen molar-refractivity contribution in [2.24, 2.45) is 0 Å². The third kappa shape index (κ3) is 4.16. The molecule has 2 aromatic carbocycles. The molecule has 0 unspecified atom stereocenters. The van der Waals surface area contributed by atoms with Crippen molar-refractivity contribution >= 4 is 39.2 Å².